The molecule has 0 aliphatic rings. The number of nitrogens with zero attached hydrogens (tertiary/aromatic N) is 1. The number of hydrogen-bond donors (Lipinski definition) is 1. The fraction of sp³-hybridized carbons (Fsp3) is 0.133. The highest BCUT2D eigenvalue weighted by Gasteiger charge is 2.03. The number of rotatable bonds is 3. The molecule has 2 rings (SSSR count). The minimum atomic E-state index is 0.682. The van der Waals surface area contributed by atoms with E-state index < -0.39 is 0 Å². The molecule has 0 spiro atoms. The van der Waals surface area contributed by atoms with Crippen molar-refractivity contribution in [3.8, 4) is 6.07 Å². The molecule has 0 atom stereocenters. The summed E-state index contributed by atoms with van der Waals surface area (Å²) in [5.74, 6) is 0. The Balaban J connectivity index is 2.16. The van der Waals surface area contributed by atoms with Crippen LogP contribution >= 0.6 is 15.9 Å². The molecule has 2 aromatic carbocycles. The first-order valence-corrected chi connectivity index (χ1v) is 6.48. The van der Waals surface area contributed by atoms with Crippen molar-refractivity contribution in [3.63, 3.8) is 0 Å². The quantitative estimate of drug-likeness (QED) is 0.920. The average Bonchev–Trinajstić information content (AvgIpc) is 2.39. The largest absolute Gasteiger partial charge is 0.380 e. The lowest BCUT2D eigenvalue weighted by Gasteiger charge is -2.10. The van der Waals surface area contributed by atoms with Gasteiger partial charge < -0.3 is 5.32 Å². The molecule has 0 amide bonds. The van der Waals surface area contributed by atoms with Crippen molar-refractivity contribution in [1.82, 2.24) is 0 Å². The predicted molar refractivity (Wildman–Crippen MR) is 77.4 cm³/mol. The number of hydrogen-bond acceptors (Lipinski definition) is 2. The van der Waals surface area contributed by atoms with Gasteiger partial charge in [0.05, 0.1) is 11.3 Å². The van der Waals surface area contributed by atoms with Gasteiger partial charge in [-0.3, -0.25) is 0 Å². The molecule has 0 aromatic heterocycles. The lowest BCUT2D eigenvalue weighted by Crippen LogP contribution is -2.02. The van der Waals surface area contributed by atoms with E-state index in [9.17, 15) is 0 Å². The molecule has 0 heterocycles. The summed E-state index contributed by atoms with van der Waals surface area (Å²) in [6.45, 7) is 2.68. The number of nitriles is 1. The van der Waals surface area contributed by atoms with Gasteiger partial charge in [0.1, 0.15) is 6.07 Å². The molecule has 0 aliphatic carbocycles. The van der Waals surface area contributed by atoms with Crippen LogP contribution in [-0.4, -0.2) is 0 Å². The molecule has 0 unspecified atom stereocenters. The van der Waals surface area contributed by atoms with E-state index in [2.05, 4.69) is 33.4 Å². The van der Waals surface area contributed by atoms with Gasteiger partial charge in [-0.1, -0.05) is 40.2 Å². The van der Waals surface area contributed by atoms with E-state index in [1.807, 2.05) is 43.3 Å². The number of aryl methyl sites for hydroxylation is 1. The van der Waals surface area contributed by atoms with Crippen molar-refractivity contribution in [3.05, 3.63) is 63.6 Å². The van der Waals surface area contributed by atoms with Gasteiger partial charge in [0, 0.05) is 11.0 Å². The normalized spacial score (nSPS) is 9.83. The Hall–Kier alpha value is -1.79. The van der Waals surface area contributed by atoms with Crippen LogP contribution in [0.4, 0.5) is 5.69 Å². The molecular formula is C15H13BrN2. The third-order valence-electron chi connectivity index (χ3n) is 2.72. The molecule has 0 aliphatic heterocycles. The van der Waals surface area contributed by atoms with Gasteiger partial charge in [0.25, 0.3) is 0 Å². The number of nitrogens with one attached hydrogen (secondary N) is 1. The van der Waals surface area contributed by atoms with Crippen LogP contribution < -0.4 is 5.32 Å². The SMILES string of the molecule is Cc1ccc(NCc2ccccc2Br)c(C#N)c1. The number of halogens is 1. The van der Waals surface area contributed by atoms with Crippen LogP contribution in [0.2, 0.25) is 0 Å². The molecule has 18 heavy (non-hydrogen) atoms. The minimum Gasteiger partial charge on any atom is -0.380 e. The van der Waals surface area contributed by atoms with Gasteiger partial charge in [0.15, 0.2) is 0 Å². The first-order chi connectivity index (χ1) is 8.70. The second-order valence-corrected chi connectivity index (χ2v) is 4.96. The fourth-order valence-corrected chi connectivity index (χ4v) is 2.16. The Morgan fingerprint density at radius 1 is 1.22 bits per heavy atom. The fourth-order valence-electron chi connectivity index (χ4n) is 1.74. The molecule has 0 saturated carbocycles. The van der Waals surface area contributed by atoms with Crippen LogP contribution in [0.1, 0.15) is 16.7 Å². The highest BCUT2D eigenvalue weighted by atomic mass is 79.9. The van der Waals surface area contributed by atoms with Gasteiger partial charge in [-0.2, -0.15) is 5.26 Å². The monoisotopic (exact) mass is 300 g/mol. The summed E-state index contributed by atoms with van der Waals surface area (Å²) in [5.41, 5.74) is 3.82. The van der Waals surface area contributed by atoms with Crippen molar-refractivity contribution in [1.29, 1.82) is 5.26 Å². The van der Waals surface area contributed by atoms with Crippen molar-refractivity contribution < 1.29 is 0 Å². The van der Waals surface area contributed by atoms with E-state index in [4.69, 9.17) is 5.26 Å². The molecule has 2 nitrogen and oxygen atoms in total. The maximum absolute atomic E-state index is 9.10. The van der Waals surface area contributed by atoms with Gasteiger partial charge in [-0.05, 0) is 36.2 Å². The summed E-state index contributed by atoms with van der Waals surface area (Å²) in [4.78, 5) is 0. The van der Waals surface area contributed by atoms with E-state index >= 15 is 0 Å². The van der Waals surface area contributed by atoms with Gasteiger partial charge in [-0.15, -0.1) is 0 Å². The van der Waals surface area contributed by atoms with Gasteiger partial charge in [-0.25, -0.2) is 0 Å². The number of benzene rings is 2. The van der Waals surface area contributed by atoms with Crippen LogP contribution in [0.3, 0.4) is 0 Å². The molecule has 3 heteroatoms. The highest BCUT2D eigenvalue weighted by molar-refractivity contribution is 9.10. The van der Waals surface area contributed by atoms with E-state index in [0.717, 1.165) is 15.7 Å². The Morgan fingerprint density at radius 2 is 2.00 bits per heavy atom. The van der Waals surface area contributed by atoms with Crippen LogP contribution in [0.25, 0.3) is 0 Å². The van der Waals surface area contributed by atoms with Gasteiger partial charge >= 0.3 is 0 Å². The summed E-state index contributed by atoms with van der Waals surface area (Å²) >= 11 is 3.51. The Morgan fingerprint density at radius 3 is 2.72 bits per heavy atom. The first-order valence-electron chi connectivity index (χ1n) is 5.69. The molecule has 0 fully saturated rings. The van der Waals surface area contributed by atoms with E-state index in [0.29, 0.717) is 12.1 Å². The molecule has 0 bridgehead atoms. The minimum absolute atomic E-state index is 0.682. The summed E-state index contributed by atoms with van der Waals surface area (Å²) in [6, 6.07) is 16.1. The highest BCUT2D eigenvalue weighted by Crippen LogP contribution is 2.20. The lowest BCUT2D eigenvalue weighted by atomic mass is 10.1. The smallest absolute Gasteiger partial charge is 0.101 e. The third kappa shape index (κ3) is 2.91. The van der Waals surface area contributed by atoms with Crippen molar-refractivity contribution in [2.24, 2.45) is 0 Å². The van der Waals surface area contributed by atoms with E-state index in [-0.39, 0.29) is 0 Å². The molecule has 90 valence electrons. The van der Waals surface area contributed by atoms with Crippen LogP contribution in [0.5, 0.6) is 0 Å². The second-order valence-electron chi connectivity index (χ2n) is 4.11. The summed E-state index contributed by atoms with van der Waals surface area (Å²) in [6.07, 6.45) is 0. The van der Waals surface area contributed by atoms with Crippen LogP contribution in [0.15, 0.2) is 46.9 Å². The van der Waals surface area contributed by atoms with E-state index in [1.54, 1.807) is 0 Å². The second kappa shape index (κ2) is 5.70. The molecular weight excluding hydrogens is 288 g/mol. The van der Waals surface area contributed by atoms with Gasteiger partial charge in [0.2, 0.25) is 0 Å². The topological polar surface area (TPSA) is 35.8 Å². The average molecular weight is 301 g/mol. The summed E-state index contributed by atoms with van der Waals surface area (Å²) in [5, 5.41) is 12.4. The molecule has 2 aromatic rings. The first kappa shape index (κ1) is 12.7. The summed E-state index contributed by atoms with van der Waals surface area (Å²) < 4.78 is 1.07. The molecule has 1 N–H and O–H groups in total. The Labute approximate surface area is 115 Å². The summed E-state index contributed by atoms with van der Waals surface area (Å²) in [7, 11) is 0. The third-order valence-corrected chi connectivity index (χ3v) is 3.50. The van der Waals surface area contributed by atoms with Crippen molar-refractivity contribution in [2.75, 3.05) is 5.32 Å². The van der Waals surface area contributed by atoms with Crippen molar-refractivity contribution in [2.45, 2.75) is 13.5 Å². The standard InChI is InChI=1S/C15H13BrN2/c1-11-6-7-15(13(8-11)9-17)18-10-12-4-2-3-5-14(12)16/h2-8,18H,10H2,1H3. The maximum Gasteiger partial charge on any atom is 0.101 e. The lowest BCUT2D eigenvalue weighted by molar-refractivity contribution is 1.13. The Kier molecular flexibility index (Phi) is 4.01. The van der Waals surface area contributed by atoms with E-state index in [1.165, 1.54) is 5.56 Å². The zero-order chi connectivity index (χ0) is 13.0. The maximum atomic E-state index is 9.10. The number of anilines is 1. The molecule has 0 saturated heterocycles. The predicted octanol–water partition coefficient (Wildman–Crippen LogP) is 4.24. The van der Waals surface area contributed by atoms with Crippen molar-refractivity contribution >= 4 is 21.6 Å². The Bertz CT molecular complexity index is 600. The van der Waals surface area contributed by atoms with Crippen LogP contribution in [-0.2, 0) is 6.54 Å². The van der Waals surface area contributed by atoms with Crippen LogP contribution in [0, 0.1) is 18.3 Å². The zero-order valence-corrected chi connectivity index (χ0v) is 11.7. The zero-order valence-electron chi connectivity index (χ0n) is 10.1. The molecule has 0 radical (unpaired) electrons.